The molecule has 2 aromatic rings. The summed E-state index contributed by atoms with van der Waals surface area (Å²) in [7, 11) is 0. The van der Waals surface area contributed by atoms with Crippen LogP contribution in [-0.2, 0) is 11.2 Å². The van der Waals surface area contributed by atoms with Gasteiger partial charge < -0.3 is 19.5 Å². The van der Waals surface area contributed by atoms with Crippen LogP contribution in [0.4, 0.5) is 0 Å². The van der Waals surface area contributed by atoms with Crippen LogP contribution < -0.4 is 0 Å². The lowest BCUT2D eigenvalue weighted by Crippen LogP contribution is -2.48. The Bertz CT molecular complexity index is 703. The van der Waals surface area contributed by atoms with Gasteiger partial charge in [0.1, 0.15) is 5.76 Å². The van der Waals surface area contributed by atoms with E-state index in [-0.39, 0.29) is 18.9 Å². The maximum Gasteiger partial charge on any atom is 0.228 e. The Morgan fingerprint density at radius 2 is 1.96 bits per heavy atom. The molecule has 1 fully saturated rings. The second-order valence-corrected chi connectivity index (χ2v) is 6.33. The molecule has 6 nitrogen and oxygen atoms in total. The monoisotopic (exact) mass is 330 g/mol. The van der Waals surface area contributed by atoms with E-state index in [4.69, 9.17) is 4.42 Å². The van der Waals surface area contributed by atoms with Gasteiger partial charge in [-0.25, -0.2) is 4.98 Å². The van der Waals surface area contributed by atoms with Gasteiger partial charge in [-0.05, 0) is 31.9 Å². The van der Waals surface area contributed by atoms with Gasteiger partial charge in [-0.1, -0.05) is 18.2 Å². The van der Waals surface area contributed by atoms with Crippen molar-refractivity contribution in [3.8, 4) is 11.5 Å². The van der Waals surface area contributed by atoms with Crippen molar-refractivity contribution in [1.82, 2.24) is 9.88 Å². The molecule has 1 aliphatic heterocycles. The summed E-state index contributed by atoms with van der Waals surface area (Å²) in [6.45, 7) is 2.43. The standard InChI is InChI=1S/C18H22N2O4/c1-13-15(19-17(24-13)14-5-3-2-4-6-14)11-16(22)20-9-7-18(23,12-21)8-10-20/h2-6,21,23H,7-12H2,1H3. The highest BCUT2D eigenvalue weighted by Crippen LogP contribution is 2.24. The lowest BCUT2D eigenvalue weighted by atomic mass is 9.92. The molecule has 0 atom stereocenters. The van der Waals surface area contributed by atoms with Gasteiger partial charge in [0.15, 0.2) is 0 Å². The molecule has 1 aliphatic rings. The second-order valence-electron chi connectivity index (χ2n) is 6.33. The molecule has 0 unspecified atom stereocenters. The van der Waals surface area contributed by atoms with Gasteiger partial charge in [0, 0.05) is 18.7 Å². The third kappa shape index (κ3) is 3.49. The molecule has 0 bridgehead atoms. The SMILES string of the molecule is Cc1oc(-c2ccccc2)nc1CC(=O)N1CCC(O)(CO)CC1. The molecule has 0 spiro atoms. The third-order valence-electron chi connectivity index (χ3n) is 4.57. The minimum atomic E-state index is -1.05. The molecule has 24 heavy (non-hydrogen) atoms. The third-order valence-corrected chi connectivity index (χ3v) is 4.57. The van der Waals surface area contributed by atoms with Gasteiger partial charge in [-0.2, -0.15) is 0 Å². The fraction of sp³-hybridized carbons (Fsp3) is 0.444. The number of likely N-dealkylation sites (tertiary alicyclic amines) is 1. The maximum absolute atomic E-state index is 12.5. The van der Waals surface area contributed by atoms with Gasteiger partial charge in [0.2, 0.25) is 11.8 Å². The van der Waals surface area contributed by atoms with Crippen molar-refractivity contribution in [2.24, 2.45) is 0 Å². The zero-order chi connectivity index (χ0) is 17.2. The predicted molar refractivity (Wildman–Crippen MR) is 88.2 cm³/mol. The highest BCUT2D eigenvalue weighted by atomic mass is 16.4. The summed E-state index contributed by atoms with van der Waals surface area (Å²) >= 11 is 0. The van der Waals surface area contributed by atoms with Crippen molar-refractivity contribution < 1.29 is 19.4 Å². The molecule has 6 heteroatoms. The number of rotatable bonds is 4. The number of aliphatic hydroxyl groups is 2. The Labute approximate surface area is 140 Å². The van der Waals surface area contributed by atoms with Crippen molar-refractivity contribution in [2.75, 3.05) is 19.7 Å². The van der Waals surface area contributed by atoms with Crippen LogP contribution in [0.15, 0.2) is 34.7 Å². The fourth-order valence-corrected chi connectivity index (χ4v) is 2.88. The van der Waals surface area contributed by atoms with Gasteiger partial charge in [-0.15, -0.1) is 0 Å². The van der Waals surface area contributed by atoms with Crippen molar-refractivity contribution in [3.63, 3.8) is 0 Å². The number of aryl methyl sites for hydroxylation is 1. The number of nitrogens with zero attached hydrogens (tertiary/aromatic N) is 2. The number of hydrogen-bond acceptors (Lipinski definition) is 5. The summed E-state index contributed by atoms with van der Waals surface area (Å²) in [5, 5.41) is 19.2. The maximum atomic E-state index is 12.5. The summed E-state index contributed by atoms with van der Waals surface area (Å²) in [6, 6.07) is 9.58. The first-order valence-corrected chi connectivity index (χ1v) is 8.13. The Morgan fingerprint density at radius 1 is 1.29 bits per heavy atom. The van der Waals surface area contributed by atoms with E-state index >= 15 is 0 Å². The Kier molecular flexibility index (Phi) is 4.69. The van der Waals surface area contributed by atoms with E-state index < -0.39 is 5.60 Å². The highest BCUT2D eigenvalue weighted by molar-refractivity contribution is 5.78. The lowest BCUT2D eigenvalue weighted by molar-refractivity contribution is -0.136. The van der Waals surface area contributed by atoms with Gasteiger partial charge >= 0.3 is 0 Å². The summed E-state index contributed by atoms with van der Waals surface area (Å²) in [4.78, 5) is 18.6. The van der Waals surface area contributed by atoms with Crippen molar-refractivity contribution >= 4 is 5.91 Å². The largest absolute Gasteiger partial charge is 0.441 e. The molecular formula is C18H22N2O4. The molecule has 3 rings (SSSR count). The molecular weight excluding hydrogens is 308 g/mol. The summed E-state index contributed by atoms with van der Waals surface area (Å²) in [6.07, 6.45) is 0.963. The van der Waals surface area contributed by atoms with E-state index in [1.807, 2.05) is 37.3 Å². The number of carbonyl (C=O) groups excluding carboxylic acids is 1. The van der Waals surface area contributed by atoms with E-state index in [1.54, 1.807) is 4.90 Å². The summed E-state index contributed by atoms with van der Waals surface area (Å²) < 4.78 is 5.68. The van der Waals surface area contributed by atoms with Crippen LogP contribution in [0.5, 0.6) is 0 Å². The van der Waals surface area contributed by atoms with Crippen LogP contribution in [-0.4, -0.2) is 51.3 Å². The van der Waals surface area contributed by atoms with Crippen molar-refractivity contribution in [2.45, 2.75) is 31.8 Å². The van der Waals surface area contributed by atoms with Crippen LogP contribution >= 0.6 is 0 Å². The van der Waals surface area contributed by atoms with E-state index in [2.05, 4.69) is 4.98 Å². The second kappa shape index (κ2) is 6.75. The first kappa shape index (κ1) is 16.7. The first-order valence-electron chi connectivity index (χ1n) is 8.13. The zero-order valence-electron chi connectivity index (χ0n) is 13.7. The smallest absolute Gasteiger partial charge is 0.228 e. The van der Waals surface area contributed by atoms with Crippen LogP contribution in [0.25, 0.3) is 11.5 Å². The summed E-state index contributed by atoms with van der Waals surface area (Å²) in [5.74, 6) is 1.13. The number of carbonyl (C=O) groups is 1. The van der Waals surface area contributed by atoms with Crippen molar-refractivity contribution in [3.05, 3.63) is 41.8 Å². The van der Waals surface area contributed by atoms with Crippen molar-refractivity contribution in [1.29, 1.82) is 0 Å². The number of amides is 1. The van der Waals surface area contributed by atoms with Crippen LogP contribution in [0.2, 0.25) is 0 Å². The molecule has 128 valence electrons. The molecule has 2 heterocycles. The normalized spacial score (nSPS) is 17.0. The topological polar surface area (TPSA) is 86.8 Å². The average molecular weight is 330 g/mol. The Morgan fingerprint density at radius 3 is 2.58 bits per heavy atom. The molecule has 1 amide bonds. The van der Waals surface area contributed by atoms with Gasteiger partial charge in [0.25, 0.3) is 0 Å². The molecule has 1 aromatic carbocycles. The number of benzene rings is 1. The molecule has 0 radical (unpaired) electrons. The molecule has 2 N–H and O–H groups in total. The summed E-state index contributed by atoms with van der Waals surface area (Å²) in [5.41, 5.74) is 0.466. The van der Waals surface area contributed by atoms with E-state index in [0.717, 1.165) is 5.56 Å². The minimum Gasteiger partial charge on any atom is -0.441 e. The van der Waals surface area contributed by atoms with Crippen LogP contribution in [0.3, 0.4) is 0 Å². The Balaban J connectivity index is 1.66. The molecule has 1 saturated heterocycles. The molecule has 0 saturated carbocycles. The lowest BCUT2D eigenvalue weighted by Gasteiger charge is -2.36. The van der Waals surface area contributed by atoms with E-state index in [0.29, 0.717) is 43.3 Å². The van der Waals surface area contributed by atoms with Crippen LogP contribution in [0, 0.1) is 6.92 Å². The fourth-order valence-electron chi connectivity index (χ4n) is 2.88. The number of piperidine rings is 1. The number of hydrogen-bond donors (Lipinski definition) is 2. The Hall–Kier alpha value is -2.18. The first-order chi connectivity index (χ1) is 11.5. The van der Waals surface area contributed by atoms with E-state index in [9.17, 15) is 15.0 Å². The zero-order valence-corrected chi connectivity index (χ0v) is 13.7. The molecule has 1 aromatic heterocycles. The predicted octanol–water partition coefficient (Wildman–Crippen LogP) is 1.54. The number of aliphatic hydroxyl groups excluding tert-OH is 1. The minimum absolute atomic E-state index is 0.0361. The molecule has 0 aliphatic carbocycles. The van der Waals surface area contributed by atoms with Gasteiger partial charge in [0.05, 0.1) is 24.3 Å². The number of oxazole rings is 1. The van der Waals surface area contributed by atoms with Crippen LogP contribution in [0.1, 0.15) is 24.3 Å². The number of aromatic nitrogens is 1. The van der Waals surface area contributed by atoms with Gasteiger partial charge in [-0.3, -0.25) is 4.79 Å². The van der Waals surface area contributed by atoms with E-state index in [1.165, 1.54) is 0 Å². The quantitative estimate of drug-likeness (QED) is 0.888. The highest BCUT2D eigenvalue weighted by Gasteiger charge is 2.33. The average Bonchev–Trinajstić information content (AvgIpc) is 2.97.